The third-order valence-electron chi connectivity index (χ3n) is 3.04. The molecule has 3 N–H and O–H groups in total. The molecule has 1 unspecified atom stereocenters. The maximum atomic E-state index is 11.8. The van der Waals surface area contributed by atoms with E-state index in [1.54, 1.807) is 18.2 Å². The molecule has 5 heteroatoms. The van der Waals surface area contributed by atoms with Crippen LogP contribution in [-0.2, 0) is 11.4 Å². The number of nitrogens with one attached hydrogen (secondary N) is 2. The minimum atomic E-state index is -0.121. The van der Waals surface area contributed by atoms with Crippen LogP contribution in [0.1, 0.15) is 32.8 Å². The van der Waals surface area contributed by atoms with Crippen LogP contribution < -0.4 is 15.4 Å². The molecule has 1 rings (SSSR count). The zero-order chi connectivity index (χ0) is 15.0. The number of aliphatic hydroxyl groups excluding tert-OH is 1. The van der Waals surface area contributed by atoms with E-state index in [9.17, 15) is 9.90 Å². The van der Waals surface area contributed by atoms with Gasteiger partial charge in [0.05, 0.1) is 19.8 Å². The summed E-state index contributed by atoms with van der Waals surface area (Å²) in [5.74, 6) is 0.545. The molecule has 0 aliphatic heterocycles. The molecular weight excluding hydrogens is 256 g/mol. The van der Waals surface area contributed by atoms with Crippen molar-refractivity contribution < 1.29 is 14.6 Å². The topological polar surface area (TPSA) is 70.6 Å². The van der Waals surface area contributed by atoms with Crippen molar-refractivity contribution in [1.29, 1.82) is 0 Å². The van der Waals surface area contributed by atoms with Crippen molar-refractivity contribution in [1.82, 2.24) is 5.32 Å². The van der Waals surface area contributed by atoms with Crippen LogP contribution in [0.5, 0.6) is 5.75 Å². The molecule has 112 valence electrons. The highest BCUT2D eigenvalue weighted by Gasteiger charge is 2.08. The monoisotopic (exact) mass is 280 g/mol. The molecule has 1 aromatic rings. The molecule has 0 radical (unpaired) electrons. The summed E-state index contributed by atoms with van der Waals surface area (Å²) in [6, 6.07) is 5.57. The smallest absolute Gasteiger partial charge is 0.238 e. The minimum Gasteiger partial charge on any atom is -0.494 e. The van der Waals surface area contributed by atoms with Gasteiger partial charge in [0.1, 0.15) is 5.75 Å². The summed E-state index contributed by atoms with van der Waals surface area (Å²) in [4.78, 5) is 11.8. The highest BCUT2D eigenvalue weighted by Crippen LogP contribution is 2.22. The van der Waals surface area contributed by atoms with Gasteiger partial charge in [-0.3, -0.25) is 4.79 Å². The molecule has 1 amide bonds. The maximum absolute atomic E-state index is 11.8. The first-order chi connectivity index (χ1) is 9.60. The number of anilines is 1. The fourth-order valence-corrected chi connectivity index (χ4v) is 1.69. The molecule has 0 fully saturated rings. The summed E-state index contributed by atoms with van der Waals surface area (Å²) >= 11 is 0. The first kappa shape index (κ1) is 16.5. The summed E-state index contributed by atoms with van der Waals surface area (Å²) in [6.45, 7) is 6.68. The van der Waals surface area contributed by atoms with Gasteiger partial charge in [-0.15, -0.1) is 0 Å². The van der Waals surface area contributed by atoms with Crippen LogP contribution in [0.3, 0.4) is 0 Å². The number of rotatable bonds is 8. The number of ether oxygens (including phenoxy) is 1. The fourth-order valence-electron chi connectivity index (χ4n) is 1.69. The Morgan fingerprint density at radius 3 is 2.75 bits per heavy atom. The van der Waals surface area contributed by atoms with Gasteiger partial charge in [-0.05, 0) is 38.5 Å². The van der Waals surface area contributed by atoms with Gasteiger partial charge in [-0.2, -0.15) is 0 Å². The number of amides is 1. The van der Waals surface area contributed by atoms with Crippen molar-refractivity contribution in [3.63, 3.8) is 0 Å². The van der Waals surface area contributed by atoms with Crippen molar-refractivity contribution >= 4 is 11.6 Å². The second kappa shape index (κ2) is 8.55. The van der Waals surface area contributed by atoms with E-state index in [0.29, 0.717) is 29.6 Å². The van der Waals surface area contributed by atoms with Gasteiger partial charge in [0, 0.05) is 17.3 Å². The van der Waals surface area contributed by atoms with E-state index >= 15 is 0 Å². The molecule has 0 saturated heterocycles. The van der Waals surface area contributed by atoms with E-state index < -0.39 is 0 Å². The lowest BCUT2D eigenvalue weighted by Crippen LogP contribution is -2.33. The van der Waals surface area contributed by atoms with Gasteiger partial charge >= 0.3 is 0 Å². The van der Waals surface area contributed by atoms with E-state index in [0.717, 1.165) is 6.42 Å². The zero-order valence-corrected chi connectivity index (χ0v) is 12.4. The largest absolute Gasteiger partial charge is 0.494 e. The van der Waals surface area contributed by atoms with Crippen LogP contribution >= 0.6 is 0 Å². The summed E-state index contributed by atoms with van der Waals surface area (Å²) in [5.41, 5.74) is 1.33. The summed E-state index contributed by atoms with van der Waals surface area (Å²) in [6.07, 6.45) is 0.977. The van der Waals surface area contributed by atoms with Crippen molar-refractivity contribution in [2.24, 2.45) is 0 Å². The van der Waals surface area contributed by atoms with E-state index in [2.05, 4.69) is 17.6 Å². The second-order valence-corrected chi connectivity index (χ2v) is 4.65. The Morgan fingerprint density at radius 1 is 1.40 bits per heavy atom. The predicted molar refractivity (Wildman–Crippen MR) is 79.9 cm³/mol. The first-order valence-electron chi connectivity index (χ1n) is 7.00. The highest BCUT2D eigenvalue weighted by molar-refractivity contribution is 5.92. The lowest BCUT2D eigenvalue weighted by Gasteiger charge is -2.13. The molecule has 1 atom stereocenters. The normalized spacial score (nSPS) is 12.0. The number of aliphatic hydroxyl groups is 1. The predicted octanol–water partition coefficient (Wildman–Crippen LogP) is 1.90. The Morgan fingerprint density at radius 2 is 2.15 bits per heavy atom. The van der Waals surface area contributed by atoms with Gasteiger partial charge in [-0.1, -0.05) is 6.92 Å². The molecule has 0 aliphatic carbocycles. The van der Waals surface area contributed by atoms with Crippen LogP contribution in [0.25, 0.3) is 0 Å². The second-order valence-electron chi connectivity index (χ2n) is 4.65. The molecule has 0 aliphatic rings. The molecule has 5 nitrogen and oxygen atoms in total. The average Bonchev–Trinajstić information content (AvgIpc) is 2.46. The van der Waals surface area contributed by atoms with E-state index in [4.69, 9.17) is 4.74 Å². The molecule has 0 saturated carbocycles. The lowest BCUT2D eigenvalue weighted by atomic mass is 10.2. The van der Waals surface area contributed by atoms with Gasteiger partial charge < -0.3 is 20.5 Å². The van der Waals surface area contributed by atoms with Gasteiger partial charge in [0.25, 0.3) is 0 Å². The molecule has 0 bridgehead atoms. The summed E-state index contributed by atoms with van der Waals surface area (Å²) < 4.78 is 5.40. The first-order valence-corrected chi connectivity index (χ1v) is 7.00. The Labute approximate surface area is 120 Å². The molecule has 1 aromatic carbocycles. The SMILES string of the molecule is CCOc1ccc(NC(=O)CNC(C)CC)cc1CO. The third-order valence-corrected chi connectivity index (χ3v) is 3.04. The Kier molecular flexibility index (Phi) is 7.04. The number of hydrogen-bond donors (Lipinski definition) is 3. The van der Waals surface area contributed by atoms with Gasteiger partial charge in [0.15, 0.2) is 0 Å². The standard InChI is InChI=1S/C15H24N2O3/c1-4-11(3)16-9-15(19)17-13-6-7-14(20-5-2)12(8-13)10-18/h6-8,11,16,18H,4-5,9-10H2,1-3H3,(H,17,19). The fraction of sp³-hybridized carbons (Fsp3) is 0.533. The van der Waals surface area contributed by atoms with Gasteiger partial charge in [0.2, 0.25) is 5.91 Å². The maximum Gasteiger partial charge on any atom is 0.238 e. The van der Waals surface area contributed by atoms with E-state index in [1.165, 1.54) is 0 Å². The number of benzene rings is 1. The Balaban J connectivity index is 2.61. The van der Waals surface area contributed by atoms with Crippen molar-refractivity contribution in [2.75, 3.05) is 18.5 Å². The minimum absolute atomic E-state index is 0.0988. The van der Waals surface area contributed by atoms with Crippen LogP contribution in [0.4, 0.5) is 5.69 Å². The van der Waals surface area contributed by atoms with Crippen molar-refractivity contribution in [3.05, 3.63) is 23.8 Å². The third kappa shape index (κ3) is 5.19. The van der Waals surface area contributed by atoms with Crippen LogP contribution in [-0.4, -0.2) is 30.2 Å². The van der Waals surface area contributed by atoms with Crippen molar-refractivity contribution in [3.8, 4) is 5.75 Å². The Bertz CT molecular complexity index is 435. The zero-order valence-electron chi connectivity index (χ0n) is 12.4. The average molecular weight is 280 g/mol. The molecular formula is C15H24N2O3. The molecule has 0 aromatic heterocycles. The molecule has 0 heterocycles. The van der Waals surface area contributed by atoms with Gasteiger partial charge in [-0.25, -0.2) is 0 Å². The van der Waals surface area contributed by atoms with Crippen LogP contribution in [0.15, 0.2) is 18.2 Å². The van der Waals surface area contributed by atoms with E-state index in [-0.39, 0.29) is 19.1 Å². The summed E-state index contributed by atoms with van der Waals surface area (Å²) in [5, 5.41) is 15.2. The van der Waals surface area contributed by atoms with Crippen LogP contribution in [0.2, 0.25) is 0 Å². The Hall–Kier alpha value is -1.59. The quantitative estimate of drug-likeness (QED) is 0.680. The number of carbonyl (C=O) groups is 1. The summed E-state index contributed by atoms with van der Waals surface area (Å²) in [7, 11) is 0. The number of carbonyl (C=O) groups excluding carboxylic acids is 1. The van der Waals surface area contributed by atoms with E-state index in [1.807, 2.05) is 13.8 Å². The molecule has 20 heavy (non-hydrogen) atoms. The van der Waals surface area contributed by atoms with Crippen molar-refractivity contribution in [2.45, 2.75) is 39.8 Å². The highest BCUT2D eigenvalue weighted by atomic mass is 16.5. The number of hydrogen-bond acceptors (Lipinski definition) is 4. The molecule has 0 spiro atoms. The lowest BCUT2D eigenvalue weighted by molar-refractivity contribution is -0.115. The van der Waals surface area contributed by atoms with Crippen LogP contribution in [0, 0.1) is 0 Å².